The molecule has 0 aromatic carbocycles. The third kappa shape index (κ3) is 0.930. The van der Waals surface area contributed by atoms with Gasteiger partial charge < -0.3 is 5.73 Å². The van der Waals surface area contributed by atoms with Gasteiger partial charge in [-0.05, 0) is 67.1 Å². The van der Waals surface area contributed by atoms with Crippen LogP contribution in [0.25, 0.3) is 0 Å². The van der Waals surface area contributed by atoms with E-state index >= 15 is 0 Å². The van der Waals surface area contributed by atoms with Crippen LogP contribution < -0.4 is 5.73 Å². The van der Waals surface area contributed by atoms with Crippen LogP contribution in [0.2, 0.25) is 0 Å². The molecule has 2 heteroatoms. The summed E-state index contributed by atoms with van der Waals surface area (Å²) in [6, 6.07) is 0. The SMILES string of the molecule is CC1CC2CC1C1C3CC(C(N)=O)C(C3)C21. The van der Waals surface area contributed by atoms with E-state index in [4.69, 9.17) is 5.73 Å². The van der Waals surface area contributed by atoms with Gasteiger partial charge in [-0.3, -0.25) is 4.79 Å². The molecule has 2 nitrogen and oxygen atoms in total. The van der Waals surface area contributed by atoms with Gasteiger partial charge in [0.05, 0.1) is 0 Å². The van der Waals surface area contributed by atoms with Gasteiger partial charge in [0.2, 0.25) is 5.91 Å². The number of primary amides is 1. The molecule has 0 aromatic rings. The molecule has 1 amide bonds. The summed E-state index contributed by atoms with van der Waals surface area (Å²) in [5.74, 6) is 6.52. The smallest absolute Gasteiger partial charge is 0.220 e. The molecule has 8 atom stereocenters. The highest BCUT2D eigenvalue weighted by atomic mass is 16.1. The van der Waals surface area contributed by atoms with Crippen LogP contribution in [0.15, 0.2) is 0 Å². The van der Waals surface area contributed by atoms with E-state index in [9.17, 15) is 4.79 Å². The molecule has 0 heterocycles. The van der Waals surface area contributed by atoms with Gasteiger partial charge >= 0.3 is 0 Å². The van der Waals surface area contributed by atoms with E-state index in [1.807, 2.05) is 0 Å². The van der Waals surface area contributed by atoms with Crippen LogP contribution in [0.3, 0.4) is 0 Å². The molecule has 0 spiro atoms. The van der Waals surface area contributed by atoms with E-state index in [0.29, 0.717) is 5.92 Å². The van der Waals surface area contributed by atoms with E-state index in [0.717, 1.165) is 41.9 Å². The largest absolute Gasteiger partial charge is 0.369 e. The Morgan fingerprint density at radius 2 is 1.62 bits per heavy atom. The lowest BCUT2D eigenvalue weighted by molar-refractivity contribution is -0.125. The fraction of sp³-hybridized carbons (Fsp3) is 0.929. The van der Waals surface area contributed by atoms with Gasteiger partial charge in [-0.25, -0.2) is 0 Å². The Bertz CT molecular complexity index is 353. The zero-order chi connectivity index (χ0) is 11.0. The molecule has 16 heavy (non-hydrogen) atoms. The lowest BCUT2D eigenvalue weighted by Gasteiger charge is -2.39. The zero-order valence-electron chi connectivity index (χ0n) is 9.93. The van der Waals surface area contributed by atoms with Crippen molar-refractivity contribution >= 4 is 5.91 Å². The Labute approximate surface area is 97.0 Å². The number of amides is 1. The van der Waals surface area contributed by atoms with Crippen molar-refractivity contribution in [3.63, 3.8) is 0 Å². The van der Waals surface area contributed by atoms with Crippen molar-refractivity contribution < 1.29 is 4.79 Å². The molecule has 0 radical (unpaired) electrons. The highest BCUT2D eigenvalue weighted by Gasteiger charge is 2.64. The molecule has 0 aliphatic heterocycles. The molecule has 4 aliphatic rings. The van der Waals surface area contributed by atoms with E-state index in [2.05, 4.69) is 6.92 Å². The number of hydrogen-bond acceptors (Lipinski definition) is 1. The Morgan fingerprint density at radius 1 is 1.00 bits per heavy atom. The minimum Gasteiger partial charge on any atom is -0.369 e. The maximum Gasteiger partial charge on any atom is 0.220 e. The summed E-state index contributed by atoms with van der Waals surface area (Å²) >= 11 is 0. The fourth-order valence-corrected chi connectivity index (χ4v) is 6.26. The lowest BCUT2D eigenvalue weighted by atomic mass is 9.65. The lowest BCUT2D eigenvalue weighted by Crippen LogP contribution is -2.39. The van der Waals surface area contributed by atoms with E-state index < -0.39 is 0 Å². The minimum absolute atomic E-state index is 0.0122. The standard InChI is InChI=1S/C14H21NO/c1-6-2-7-3-9(6)12-8-4-10(13(7)12)11(5-8)14(15)16/h6-13H,2-5H2,1H3,(H2,15,16). The first-order valence-electron chi connectivity index (χ1n) is 6.96. The van der Waals surface area contributed by atoms with Crippen molar-refractivity contribution in [3.8, 4) is 0 Å². The van der Waals surface area contributed by atoms with Crippen molar-refractivity contribution in [1.29, 1.82) is 0 Å². The Balaban J connectivity index is 1.67. The van der Waals surface area contributed by atoms with Crippen LogP contribution in [0.4, 0.5) is 0 Å². The van der Waals surface area contributed by atoms with Gasteiger partial charge in [-0.2, -0.15) is 0 Å². The Hall–Kier alpha value is -0.530. The van der Waals surface area contributed by atoms with Gasteiger partial charge in [0.15, 0.2) is 0 Å². The average Bonchev–Trinajstić information content (AvgIpc) is 2.91. The maximum atomic E-state index is 11.5. The fourth-order valence-electron chi connectivity index (χ4n) is 6.26. The number of carbonyl (C=O) groups is 1. The molecule has 4 fully saturated rings. The first-order chi connectivity index (χ1) is 7.66. The van der Waals surface area contributed by atoms with Crippen LogP contribution in [0.1, 0.15) is 32.6 Å². The third-order valence-corrected chi connectivity index (χ3v) is 6.52. The Morgan fingerprint density at radius 3 is 2.38 bits per heavy atom. The molecular formula is C14H21NO. The van der Waals surface area contributed by atoms with Crippen LogP contribution >= 0.6 is 0 Å². The second-order valence-electron chi connectivity index (χ2n) is 6.93. The van der Waals surface area contributed by atoms with Crippen LogP contribution in [0, 0.1) is 47.3 Å². The molecule has 4 rings (SSSR count). The third-order valence-electron chi connectivity index (χ3n) is 6.52. The predicted molar refractivity (Wildman–Crippen MR) is 61.3 cm³/mol. The van der Waals surface area contributed by atoms with Gasteiger partial charge in [0.25, 0.3) is 0 Å². The van der Waals surface area contributed by atoms with Crippen LogP contribution in [-0.4, -0.2) is 5.91 Å². The summed E-state index contributed by atoms with van der Waals surface area (Å²) in [5.41, 5.74) is 5.55. The maximum absolute atomic E-state index is 11.5. The molecule has 4 saturated carbocycles. The van der Waals surface area contributed by atoms with Crippen LogP contribution in [-0.2, 0) is 4.79 Å². The molecule has 4 aliphatic carbocycles. The number of hydrogen-bond donors (Lipinski definition) is 1. The molecular weight excluding hydrogens is 198 g/mol. The van der Waals surface area contributed by atoms with Crippen molar-refractivity contribution in [2.24, 2.45) is 53.1 Å². The summed E-state index contributed by atoms with van der Waals surface area (Å²) in [7, 11) is 0. The first-order valence-corrected chi connectivity index (χ1v) is 6.96. The van der Waals surface area contributed by atoms with Gasteiger partial charge in [0.1, 0.15) is 0 Å². The Kier molecular flexibility index (Phi) is 1.68. The highest BCUT2D eigenvalue weighted by Crippen LogP contribution is 2.69. The summed E-state index contributed by atoms with van der Waals surface area (Å²) in [5, 5.41) is 0. The average molecular weight is 219 g/mol. The number of rotatable bonds is 1. The summed E-state index contributed by atoms with van der Waals surface area (Å²) in [6.07, 6.45) is 5.34. The zero-order valence-corrected chi connectivity index (χ0v) is 9.93. The summed E-state index contributed by atoms with van der Waals surface area (Å²) < 4.78 is 0. The molecule has 0 saturated heterocycles. The summed E-state index contributed by atoms with van der Waals surface area (Å²) in [4.78, 5) is 11.5. The molecule has 4 bridgehead atoms. The quantitative estimate of drug-likeness (QED) is 0.674. The van der Waals surface area contributed by atoms with Crippen molar-refractivity contribution in [1.82, 2.24) is 0 Å². The first kappa shape index (κ1) is 9.49. The van der Waals surface area contributed by atoms with Crippen molar-refractivity contribution in [2.45, 2.75) is 32.6 Å². The summed E-state index contributed by atoms with van der Waals surface area (Å²) in [6.45, 7) is 2.44. The monoisotopic (exact) mass is 219 g/mol. The number of fused-ring (bicyclic) bond motifs is 9. The minimum atomic E-state index is -0.0122. The molecule has 0 aromatic heterocycles. The van der Waals surface area contributed by atoms with Gasteiger partial charge in [-0.15, -0.1) is 0 Å². The van der Waals surface area contributed by atoms with E-state index in [1.54, 1.807) is 0 Å². The normalized spacial score (nSPS) is 61.6. The molecule has 88 valence electrons. The van der Waals surface area contributed by atoms with Crippen molar-refractivity contribution in [2.75, 3.05) is 0 Å². The van der Waals surface area contributed by atoms with E-state index in [1.165, 1.54) is 19.3 Å². The molecule has 2 N–H and O–H groups in total. The molecule has 8 unspecified atom stereocenters. The topological polar surface area (TPSA) is 43.1 Å². The second kappa shape index (κ2) is 2.83. The van der Waals surface area contributed by atoms with Gasteiger partial charge in [-0.1, -0.05) is 6.92 Å². The van der Waals surface area contributed by atoms with Gasteiger partial charge in [0, 0.05) is 5.92 Å². The van der Waals surface area contributed by atoms with Crippen molar-refractivity contribution in [3.05, 3.63) is 0 Å². The van der Waals surface area contributed by atoms with Crippen LogP contribution in [0.5, 0.6) is 0 Å². The highest BCUT2D eigenvalue weighted by molar-refractivity contribution is 5.77. The number of carbonyl (C=O) groups excluding carboxylic acids is 1. The second-order valence-corrected chi connectivity index (χ2v) is 6.93. The van der Waals surface area contributed by atoms with E-state index in [-0.39, 0.29) is 11.8 Å². The predicted octanol–water partition coefficient (Wildman–Crippen LogP) is 2.04. The number of nitrogens with two attached hydrogens (primary N) is 1.